The Morgan fingerprint density at radius 2 is 1.89 bits per heavy atom. The first-order valence-corrected chi connectivity index (χ1v) is 7.15. The van der Waals surface area contributed by atoms with E-state index in [1.54, 1.807) is 38.1 Å². The molecule has 0 bridgehead atoms. The predicted octanol–water partition coefficient (Wildman–Crippen LogP) is 1.05. The van der Waals surface area contributed by atoms with Crippen molar-refractivity contribution in [2.24, 2.45) is 0 Å². The summed E-state index contributed by atoms with van der Waals surface area (Å²) in [5.41, 5.74) is 6.81. The number of imidazole rings is 1. The van der Waals surface area contributed by atoms with Crippen LogP contribution < -0.4 is 5.73 Å². The fourth-order valence-corrected chi connectivity index (χ4v) is 3.49. The number of nitrogen functional groups attached to an aromatic ring is 1. The topological polar surface area (TPSA) is 81.2 Å². The van der Waals surface area contributed by atoms with Crippen molar-refractivity contribution >= 4 is 27.2 Å². The summed E-state index contributed by atoms with van der Waals surface area (Å²) in [7, 11) is -3.65. The summed E-state index contributed by atoms with van der Waals surface area (Å²) < 4.78 is 27.4. The van der Waals surface area contributed by atoms with E-state index in [0.717, 1.165) is 3.97 Å². The number of anilines is 1. The normalized spacial score (nSPS) is 12.4. The number of nitrogens with zero attached hydrogens (tertiary/aromatic N) is 3. The lowest BCUT2D eigenvalue weighted by molar-refractivity contribution is 0.439. The van der Waals surface area contributed by atoms with Crippen molar-refractivity contribution in [2.75, 3.05) is 18.8 Å². The molecule has 0 aliphatic rings. The lowest BCUT2D eigenvalue weighted by atomic mass is 10.3. The number of nitrogens with two attached hydrogens (primary N) is 1. The Kier molecular flexibility index (Phi) is 3.27. The molecule has 18 heavy (non-hydrogen) atoms. The van der Waals surface area contributed by atoms with Crippen LogP contribution in [0, 0.1) is 0 Å². The lowest BCUT2D eigenvalue weighted by Crippen LogP contribution is -2.35. The average molecular weight is 268 g/mol. The zero-order valence-electron chi connectivity index (χ0n) is 10.4. The molecule has 0 saturated carbocycles. The van der Waals surface area contributed by atoms with Crippen LogP contribution in [0.15, 0.2) is 24.3 Å². The minimum absolute atomic E-state index is 0.0110. The summed E-state index contributed by atoms with van der Waals surface area (Å²) in [5, 5.41) is 0. The third kappa shape index (κ3) is 1.85. The van der Waals surface area contributed by atoms with Crippen LogP contribution in [-0.2, 0) is 10.2 Å². The van der Waals surface area contributed by atoms with E-state index in [2.05, 4.69) is 4.98 Å². The van der Waals surface area contributed by atoms with Gasteiger partial charge in [0.2, 0.25) is 5.95 Å². The summed E-state index contributed by atoms with van der Waals surface area (Å²) in [6.45, 7) is 4.36. The molecule has 2 N–H and O–H groups in total. The van der Waals surface area contributed by atoms with Crippen LogP contribution >= 0.6 is 0 Å². The van der Waals surface area contributed by atoms with Gasteiger partial charge in [0.05, 0.1) is 11.0 Å². The van der Waals surface area contributed by atoms with Gasteiger partial charge in [-0.2, -0.15) is 16.7 Å². The van der Waals surface area contributed by atoms with Crippen molar-refractivity contribution < 1.29 is 8.42 Å². The minimum atomic E-state index is -3.65. The molecule has 2 rings (SSSR count). The van der Waals surface area contributed by atoms with Crippen LogP contribution in [0.5, 0.6) is 0 Å². The van der Waals surface area contributed by atoms with E-state index in [0.29, 0.717) is 24.1 Å². The molecule has 2 aromatic rings. The monoisotopic (exact) mass is 268 g/mol. The molecule has 0 atom stereocenters. The summed E-state index contributed by atoms with van der Waals surface area (Å²) in [5.74, 6) is -0.0110. The van der Waals surface area contributed by atoms with Gasteiger partial charge in [-0.15, -0.1) is 0 Å². The highest BCUT2D eigenvalue weighted by atomic mass is 32.2. The van der Waals surface area contributed by atoms with Gasteiger partial charge in [-0.1, -0.05) is 26.0 Å². The van der Waals surface area contributed by atoms with Crippen molar-refractivity contribution in [3.8, 4) is 0 Å². The van der Waals surface area contributed by atoms with E-state index in [1.807, 2.05) is 0 Å². The molecule has 0 aliphatic carbocycles. The van der Waals surface area contributed by atoms with Crippen molar-refractivity contribution in [1.82, 2.24) is 13.3 Å². The molecule has 0 saturated heterocycles. The van der Waals surface area contributed by atoms with Gasteiger partial charge >= 0.3 is 10.2 Å². The first-order valence-electron chi connectivity index (χ1n) is 5.76. The Labute approximate surface area is 106 Å². The van der Waals surface area contributed by atoms with Crippen molar-refractivity contribution in [3.63, 3.8) is 0 Å². The minimum Gasteiger partial charge on any atom is -0.368 e. The van der Waals surface area contributed by atoms with Gasteiger partial charge in [0.1, 0.15) is 0 Å². The highest BCUT2D eigenvalue weighted by molar-refractivity contribution is 7.87. The maximum absolute atomic E-state index is 12.5. The molecule has 7 heteroatoms. The van der Waals surface area contributed by atoms with Crippen LogP contribution in [0.25, 0.3) is 11.0 Å². The third-order valence-electron chi connectivity index (χ3n) is 2.81. The molecule has 6 nitrogen and oxygen atoms in total. The molecule has 0 spiro atoms. The Hall–Kier alpha value is -1.60. The average Bonchev–Trinajstić information content (AvgIpc) is 2.66. The molecular weight excluding hydrogens is 252 g/mol. The van der Waals surface area contributed by atoms with E-state index in [-0.39, 0.29) is 5.95 Å². The number of hydrogen-bond donors (Lipinski definition) is 1. The van der Waals surface area contributed by atoms with E-state index in [4.69, 9.17) is 5.73 Å². The van der Waals surface area contributed by atoms with Crippen LogP contribution in [0.1, 0.15) is 13.8 Å². The van der Waals surface area contributed by atoms with Crippen molar-refractivity contribution in [1.29, 1.82) is 0 Å². The van der Waals surface area contributed by atoms with Crippen molar-refractivity contribution in [2.45, 2.75) is 13.8 Å². The SMILES string of the molecule is CCN(CC)S(=O)(=O)n1c(N)nc2ccccc21. The molecule has 1 aromatic heterocycles. The zero-order chi connectivity index (χ0) is 13.3. The first-order chi connectivity index (χ1) is 8.52. The highest BCUT2D eigenvalue weighted by Crippen LogP contribution is 2.21. The number of rotatable bonds is 4. The largest absolute Gasteiger partial charge is 0.368 e. The zero-order valence-corrected chi connectivity index (χ0v) is 11.2. The van der Waals surface area contributed by atoms with Crippen LogP contribution in [-0.4, -0.2) is 34.8 Å². The Balaban J connectivity index is 2.71. The molecule has 1 aromatic carbocycles. The van der Waals surface area contributed by atoms with Gasteiger partial charge in [-0.25, -0.2) is 4.98 Å². The van der Waals surface area contributed by atoms with Gasteiger partial charge in [0, 0.05) is 13.1 Å². The fraction of sp³-hybridized carbons (Fsp3) is 0.364. The van der Waals surface area contributed by atoms with E-state index >= 15 is 0 Å². The standard InChI is InChI=1S/C11H16N4O2S/c1-3-14(4-2)18(16,17)15-10-8-6-5-7-9(10)13-11(15)12/h5-8H,3-4H2,1-2H3,(H2,12,13). The molecular formula is C11H16N4O2S. The highest BCUT2D eigenvalue weighted by Gasteiger charge is 2.25. The quantitative estimate of drug-likeness (QED) is 0.898. The maximum atomic E-state index is 12.5. The molecule has 98 valence electrons. The van der Waals surface area contributed by atoms with Crippen molar-refractivity contribution in [3.05, 3.63) is 24.3 Å². The summed E-state index contributed by atoms with van der Waals surface area (Å²) >= 11 is 0. The number of aromatic nitrogens is 2. The third-order valence-corrected chi connectivity index (χ3v) is 4.82. The second kappa shape index (κ2) is 4.58. The van der Waals surface area contributed by atoms with Gasteiger partial charge in [0.25, 0.3) is 0 Å². The molecule has 1 heterocycles. The Bertz CT molecular complexity index is 659. The molecule has 0 unspecified atom stereocenters. The van der Waals surface area contributed by atoms with E-state index < -0.39 is 10.2 Å². The molecule has 0 aliphatic heterocycles. The molecule has 0 radical (unpaired) electrons. The van der Waals surface area contributed by atoms with Crippen LogP contribution in [0.2, 0.25) is 0 Å². The van der Waals surface area contributed by atoms with Crippen LogP contribution in [0.3, 0.4) is 0 Å². The van der Waals surface area contributed by atoms with Gasteiger partial charge < -0.3 is 5.73 Å². The van der Waals surface area contributed by atoms with Gasteiger partial charge in [-0.05, 0) is 12.1 Å². The van der Waals surface area contributed by atoms with Crippen LogP contribution in [0.4, 0.5) is 5.95 Å². The van der Waals surface area contributed by atoms with E-state index in [9.17, 15) is 8.42 Å². The van der Waals surface area contributed by atoms with Gasteiger partial charge in [-0.3, -0.25) is 0 Å². The number of hydrogen-bond acceptors (Lipinski definition) is 4. The second-order valence-corrected chi connectivity index (χ2v) is 5.59. The molecule has 0 fully saturated rings. The summed E-state index contributed by atoms with van der Waals surface area (Å²) in [4.78, 5) is 4.07. The Morgan fingerprint density at radius 3 is 2.50 bits per heavy atom. The number of benzene rings is 1. The fourth-order valence-electron chi connectivity index (χ4n) is 1.93. The molecule has 0 amide bonds. The smallest absolute Gasteiger partial charge is 0.310 e. The lowest BCUT2D eigenvalue weighted by Gasteiger charge is -2.19. The summed E-state index contributed by atoms with van der Waals surface area (Å²) in [6.07, 6.45) is 0. The van der Waals surface area contributed by atoms with Gasteiger partial charge in [0.15, 0.2) is 0 Å². The maximum Gasteiger partial charge on any atom is 0.310 e. The second-order valence-electron chi connectivity index (χ2n) is 3.82. The predicted molar refractivity (Wildman–Crippen MR) is 71.4 cm³/mol. The summed E-state index contributed by atoms with van der Waals surface area (Å²) in [6, 6.07) is 6.99. The number of para-hydroxylation sites is 2. The Morgan fingerprint density at radius 1 is 1.28 bits per heavy atom. The first kappa shape index (κ1) is 12.8. The number of fused-ring (bicyclic) bond motifs is 1. The van der Waals surface area contributed by atoms with E-state index in [1.165, 1.54) is 4.31 Å².